The summed E-state index contributed by atoms with van der Waals surface area (Å²) in [7, 11) is -3.76. The molecule has 2 rings (SSSR count). The van der Waals surface area contributed by atoms with Gasteiger partial charge in [-0.25, -0.2) is 17.5 Å². The third kappa shape index (κ3) is 7.09. The van der Waals surface area contributed by atoms with E-state index in [1.807, 2.05) is 6.92 Å². The zero-order valence-electron chi connectivity index (χ0n) is 15.1. The molecule has 0 saturated carbocycles. The van der Waals surface area contributed by atoms with Crippen LogP contribution in [0.5, 0.6) is 0 Å². The van der Waals surface area contributed by atoms with E-state index in [2.05, 4.69) is 10.0 Å². The van der Waals surface area contributed by atoms with Gasteiger partial charge in [-0.05, 0) is 48.7 Å². The van der Waals surface area contributed by atoms with Crippen molar-refractivity contribution in [2.75, 3.05) is 0 Å². The first-order chi connectivity index (χ1) is 12.8. The highest BCUT2D eigenvalue weighted by Crippen LogP contribution is 2.13. The van der Waals surface area contributed by atoms with E-state index in [0.29, 0.717) is 24.0 Å². The van der Waals surface area contributed by atoms with Crippen LogP contribution in [0.4, 0.5) is 4.39 Å². The lowest BCUT2D eigenvalue weighted by Crippen LogP contribution is -2.26. The van der Waals surface area contributed by atoms with E-state index in [4.69, 9.17) is 5.73 Å². The van der Waals surface area contributed by atoms with Crippen LogP contribution in [0.2, 0.25) is 0 Å². The van der Waals surface area contributed by atoms with E-state index in [9.17, 15) is 17.6 Å². The fourth-order valence-corrected chi connectivity index (χ4v) is 3.47. The molecule has 0 saturated heterocycles. The molecule has 4 N–H and O–H groups in total. The summed E-state index contributed by atoms with van der Waals surface area (Å²) < 4.78 is 40.5. The van der Waals surface area contributed by atoms with Crippen molar-refractivity contribution < 1.29 is 17.6 Å². The number of hydrogen-bond acceptors (Lipinski definition) is 4. The molecule has 2 aromatic rings. The number of benzene rings is 2. The van der Waals surface area contributed by atoms with Gasteiger partial charge in [0.15, 0.2) is 0 Å². The van der Waals surface area contributed by atoms with E-state index in [-0.39, 0.29) is 29.9 Å². The molecule has 0 aliphatic rings. The highest BCUT2D eigenvalue weighted by atomic mass is 32.2. The quantitative estimate of drug-likeness (QED) is 0.607. The average molecular weight is 393 g/mol. The van der Waals surface area contributed by atoms with Crippen molar-refractivity contribution in [2.24, 2.45) is 5.73 Å². The average Bonchev–Trinajstić information content (AvgIpc) is 2.63. The molecule has 6 nitrogen and oxygen atoms in total. The van der Waals surface area contributed by atoms with Gasteiger partial charge < -0.3 is 11.1 Å². The number of amides is 1. The van der Waals surface area contributed by atoms with Crippen LogP contribution in [-0.2, 0) is 27.9 Å². The summed E-state index contributed by atoms with van der Waals surface area (Å²) in [6, 6.07) is 12.0. The maximum Gasteiger partial charge on any atom is 0.240 e. The van der Waals surface area contributed by atoms with Gasteiger partial charge in [-0.1, -0.05) is 24.3 Å². The molecule has 0 aliphatic heterocycles. The number of sulfonamides is 1. The van der Waals surface area contributed by atoms with Crippen molar-refractivity contribution in [3.63, 3.8) is 0 Å². The van der Waals surface area contributed by atoms with Gasteiger partial charge in [-0.2, -0.15) is 0 Å². The van der Waals surface area contributed by atoms with Crippen molar-refractivity contribution in [3.05, 3.63) is 65.5 Å². The lowest BCUT2D eigenvalue weighted by atomic mass is 10.2. The second kappa shape index (κ2) is 9.59. The van der Waals surface area contributed by atoms with Crippen LogP contribution in [0, 0.1) is 5.82 Å². The van der Waals surface area contributed by atoms with Gasteiger partial charge >= 0.3 is 0 Å². The van der Waals surface area contributed by atoms with Gasteiger partial charge in [0.25, 0.3) is 0 Å². The van der Waals surface area contributed by atoms with E-state index < -0.39 is 15.8 Å². The molecular weight excluding hydrogens is 369 g/mol. The molecule has 0 bridgehead atoms. The van der Waals surface area contributed by atoms with Crippen LogP contribution in [0.15, 0.2) is 53.4 Å². The minimum absolute atomic E-state index is 0.0155. The van der Waals surface area contributed by atoms with Gasteiger partial charge in [0.1, 0.15) is 5.82 Å². The Morgan fingerprint density at radius 3 is 2.44 bits per heavy atom. The number of hydrogen-bond donors (Lipinski definition) is 3. The van der Waals surface area contributed by atoms with Crippen LogP contribution < -0.4 is 15.8 Å². The molecule has 0 aromatic heterocycles. The lowest BCUT2D eigenvalue weighted by Gasteiger charge is -2.10. The molecule has 1 atom stereocenters. The van der Waals surface area contributed by atoms with E-state index in [1.165, 1.54) is 30.3 Å². The first kappa shape index (κ1) is 21.0. The summed E-state index contributed by atoms with van der Waals surface area (Å²) in [5, 5.41) is 2.75. The van der Waals surface area contributed by atoms with Crippen molar-refractivity contribution in [2.45, 2.75) is 43.8 Å². The van der Waals surface area contributed by atoms with Gasteiger partial charge in [0, 0.05) is 25.6 Å². The summed E-state index contributed by atoms with van der Waals surface area (Å²) in [5.41, 5.74) is 6.81. The molecule has 0 fully saturated rings. The topological polar surface area (TPSA) is 101 Å². The Bertz CT molecular complexity index is 885. The van der Waals surface area contributed by atoms with Crippen molar-refractivity contribution in [3.8, 4) is 0 Å². The highest BCUT2D eigenvalue weighted by Gasteiger charge is 2.14. The normalized spacial score (nSPS) is 12.6. The van der Waals surface area contributed by atoms with Crippen LogP contribution in [-0.4, -0.2) is 20.4 Å². The highest BCUT2D eigenvalue weighted by molar-refractivity contribution is 7.89. The first-order valence-corrected chi connectivity index (χ1v) is 10.1. The van der Waals surface area contributed by atoms with Crippen LogP contribution in [0.1, 0.15) is 30.9 Å². The predicted molar refractivity (Wildman–Crippen MR) is 102 cm³/mol. The molecule has 0 aliphatic carbocycles. The molecule has 8 heteroatoms. The minimum atomic E-state index is -3.76. The van der Waals surface area contributed by atoms with E-state index in [1.54, 1.807) is 18.2 Å². The van der Waals surface area contributed by atoms with Crippen LogP contribution in [0.25, 0.3) is 0 Å². The van der Waals surface area contributed by atoms with Gasteiger partial charge in [0.05, 0.1) is 4.90 Å². The SMILES string of the molecule is CC(N)CCC(=O)NCc1cccc(S(=O)(=O)NCc2cccc(F)c2)c1. The fourth-order valence-electron chi connectivity index (χ4n) is 2.38. The van der Waals surface area contributed by atoms with Crippen LogP contribution in [0.3, 0.4) is 0 Å². The molecule has 0 heterocycles. The molecular formula is C19H24FN3O3S. The van der Waals surface area contributed by atoms with Crippen molar-refractivity contribution in [1.82, 2.24) is 10.0 Å². The Balaban J connectivity index is 1.97. The van der Waals surface area contributed by atoms with Gasteiger partial charge in [-0.3, -0.25) is 4.79 Å². The Morgan fingerprint density at radius 2 is 1.78 bits per heavy atom. The summed E-state index contributed by atoms with van der Waals surface area (Å²) >= 11 is 0. The fraction of sp³-hybridized carbons (Fsp3) is 0.316. The molecule has 27 heavy (non-hydrogen) atoms. The first-order valence-electron chi connectivity index (χ1n) is 8.61. The second-order valence-electron chi connectivity index (χ2n) is 6.39. The Kier molecular flexibility index (Phi) is 7.46. The molecule has 1 amide bonds. The number of halogens is 1. The summed E-state index contributed by atoms with van der Waals surface area (Å²) in [5.74, 6) is -0.557. The lowest BCUT2D eigenvalue weighted by molar-refractivity contribution is -0.121. The molecule has 146 valence electrons. The Morgan fingerprint density at radius 1 is 1.11 bits per heavy atom. The zero-order chi connectivity index (χ0) is 19.9. The number of rotatable bonds is 9. The monoisotopic (exact) mass is 393 g/mol. The largest absolute Gasteiger partial charge is 0.352 e. The zero-order valence-corrected chi connectivity index (χ0v) is 15.9. The third-order valence-corrected chi connectivity index (χ3v) is 5.28. The molecule has 2 aromatic carbocycles. The number of carbonyl (C=O) groups excluding carboxylic acids is 1. The van der Waals surface area contributed by atoms with Gasteiger partial charge in [0.2, 0.25) is 15.9 Å². The summed E-state index contributed by atoms with van der Waals surface area (Å²) in [6.45, 7) is 2.04. The van der Waals surface area contributed by atoms with Crippen molar-refractivity contribution >= 4 is 15.9 Å². The Labute approximate surface area is 159 Å². The molecule has 0 radical (unpaired) electrons. The second-order valence-corrected chi connectivity index (χ2v) is 8.16. The maximum atomic E-state index is 13.2. The van der Waals surface area contributed by atoms with Crippen LogP contribution >= 0.6 is 0 Å². The summed E-state index contributed by atoms with van der Waals surface area (Å²) in [4.78, 5) is 11.8. The summed E-state index contributed by atoms with van der Waals surface area (Å²) in [6.07, 6.45) is 0.912. The predicted octanol–water partition coefficient (Wildman–Crippen LogP) is 2.05. The van der Waals surface area contributed by atoms with E-state index >= 15 is 0 Å². The van der Waals surface area contributed by atoms with Crippen molar-refractivity contribution in [1.29, 1.82) is 0 Å². The number of nitrogens with one attached hydrogen (secondary N) is 2. The molecule has 1 unspecified atom stereocenters. The smallest absolute Gasteiger partial charge is 0.240 e. The minimum Gasteiger partial charge on any atom is -0.352 e. The Hall–Kier alpha value is -2.29. The van der Waals surface area contributed by atoms with E-state index in [0.717, 1.165) is 0 Å². The number of carbonyl (C=O) groups is 1. The maximum absolute atomic E-state index is 13.2. The standard InChI is InChI=1S/C19H24FN3O3S/c1-14(21)8-9-19(24)22-12-16-5-3-7-18(11-16)27(25,26)23-13-15-4-2-6-17(20)10-15/h2-7,10-11,14,23H,8-9,12-13,21H2,1H3,(H,22,24). The number of nitrogens with two attached hydrogens (primary N) is 1. The van der Waals surface area contributed by atoms with Gasteiger partial charge in [-0.15, -0.1) is 0 Å². The third-order valence-electron chi connectivity index (χ3n) is 3.88. The molecule has 0 spiro atoms.